The topological polar surface area (TPSA) is 50.1 Å². The van der Waals surface area contributed by atoms with E-state index < -0.39 is 0 Å². The number of aromatic nitrogens is 2. The molecule has 0 amide bonds. The van der Waals surface area contributed by atoms with Crippen molar-refractivity contribution in [2.45, 2.75) is 38.8 Å². The number of aliphatic hydroxyl groups excluding tert-OH is 1. The van der Waals surface area contributed by atoms with Crippen LogP contribution in [0, 0.1) is 0 Å². The maximum atomic E-state index is 9.35. The molecule has 0 saturated heterocycles. The minimum absolute atomic E-state index is 0.118. The molecule has 0 atom stereocenters. The summed E-state index contributed by atoms with van der Waals surface area (Å²) in [6.45, 7) is 6.07. The highest BCUT2D eigenvalue weighted by Crippen LogP contribution is 2.13. The van der Waals surface area contributed by atoms with Gasteiger partial charge in [0.05, 0.1) is 13.2 Å². The predicted molar refractivity (Wildman–Crippen MR) is 60.6 cm³/mol. The van der Waals surface area contributed by atoms with E-state index in [0.29, 0.717) is 0 Å². The molecule has 1 aromatic rings. The lowest BCUT2D eigenvalue weighted by molar-refractivity contribution is 0.149. The molecule has 0 bridgehead atoms. The van der Waals surface area contributed by atoms with Gasteiger partial charge < -0.3 is 10.4 Å². The van der Waals surface area contributed by atoms with Crippen molar-refractivity contribution in [2.75, 3.05) is 13.2 Å². The number of rotatable bonds is 7. The van der Waals surface area contributed by atoms with Crippen LogP contribution in [0.4, 0.5) is 0 Å². The van der Waals surface area contributed by atoms with Crippen molar-refractivity contribution in [3.8, 4) is 0 Å². The van der Waals surface area contributed by atoms with Gasteiger partial charge in [-0.1, -0.05) is 13.8 Å². The van der Waals surface area contributed by atoms with Gasteiger partial charge in [-0.05, 0) is 18.9 Å². The lowest BCUT2D eigenvalue weighted by Crippen LogP contribution is -2.48. The van der Waals surface area contributed by atoms with Crippen molar-refractivity contribution < 1.29 is 5.11 Å². The normalized spacial score (nSPS) is 11.9. The highest BCUT2D eigenvalue weighted by Gasteiger charge is 2.23. The third kappa shape index (κ3) is 3.32. The Bertz CT molecular complexity index is 247. The molecule has 86 valence electrons. The fraction of sp³-hybridized carbons (Fsp3) is 0.727. The van der Waals surface area contributed by atoms with Crippen molar-refractivity contribution in [1.29, 1.82) is 0 Å². The average Bonchev–Trinajstić information content (AvgIpc) is 2.78. The first-order chi connectivity index (χ1) is 7.26. The summed E-state index contributed by atoms with van der Waals surface area (Å²) < 4.78 is 1.89. The lowest BCUT2D eigenvalue weighted by atomic mass is 9.94. The molecule has 1 heterocycles. The molecule has 0 aliphatic rings. The van der Waals surface area contributed by atoms with E-state index in [-0.39, 0.29) is 12.1 Å². The first kappa shape index (κ1) is 12.2. The number of nitrogens with one attached hydrogen (secondary N) is 1. The molecule has 1 aromatic heterocycles. The minimum atomic E-state index is -0.118. The average molecular weight is 211 g/mol. The predicted octanol–water partition coefficient (Wildman–Crippen LogP) is 1.02. The van der Waals surface area contributed by atoms with Crippen LogP contribution in [0.3, 0.4) is 0 Å². The van der Waals surface area contributed by atoms with Crippen LogP contribution in [0.1, 0.15) is 26.7 Å². The maximum absolute atomic E-state index is 9.35. The van der Waals surface area contributed by atoms with Gasteiger partial charge in [0.15, 0.2) is 0 Å². The summed E-state index contributed by atoms with van der Waals surface area (Å²) in [5, 5.41) is 16.9. The summed E-state index contributed by atoms with van der Waals surface area (Å²) in [5.41, 5.74) is -0.118. The van der Waals surface area contributed by atoms with Crippen molar-refractivity contribution in [3.05, 3.63) is 18.5 Å². The van der Waals surface area contributed by atoms with Crippen molar-refractivity contribution >= 4 is 0 Å². The van der Waals surface area contributed by atoms with Crippen LogP contribution in [0.5, 0.6) is 0 Å². The second-order valence-corrected chi connectivity index (χ2v) is 3.84. The molecule has 4 heteroatoms. The van der Waals surface area contributed by atoms with Crippen LogP contribution < -0.4 is 5.32 Å². The Morgan fingerprint density at radius 2 is 2.13 bits per heavy atom. The zero-order valence-corrected chi connectivity index (χ0v) is 9.61. The molecule has 0 unspecified atom stereocenters. The summed E-state index contributed by atoms with van der Waals surface area (Å²) in [7, 11) is 0. The second-order valence-electron chi connectivity index (χ2n) is 3.84. The molecule has 0 saturated carbocycles. The van der Waals surface area contributed by atoms with Crippen molar-refractivity contribution in [3.63, 3.8) is 0 Å². The first-order valence-corrected chi connectivity index (χ1v) is 5.59. The first-order valence-electron chi connectivity index (χ1n) is 5.59. The van der Waals surface area contributed by atoms with Gasteiger partial charge in [-0.15, -0.1) is 0 Å². The zero-order valence-electron chi connectivity index (χ0n) is 9.61. The third-order valence-electron chi connectivity index (χ3n) is 3.06. The van der Waals surface area contributed by atoms with Gasteiger partial charge >= 0.3 is 0 Å². The van der Waals surface area contributed by atoms with E-state index in [4.69, 9.17) is 0 Å². The van der Waals surface area contributed by atoms with Crippen LogP contribution >= 0.6 is 0 Å². The van der Waals surface area contributed by atoms with Crippen molar-refractivity contribution in [2.24, 2.45) is 0 Å². The molecule has 0 aliphatic heterocycles. The number of hydrogen-bond donors (Lipinski definition) is 2. The fourth-order valence-corrected chi connectivity index (χ4v) is 1.65. The summed E-state index contributed by atoms with van der Waals surface area (Å²) in [6.07, 6.45) is 5.61. The van der Waals surface area contributed by atoms with E-state index >= 15 is 0 Å². The molecule has 2 N–H and O–H groups in total. The van der Waals surface area contributed by atoms with Gasteiger partial charge in [-0.25, -0.2) is 0 Å². The Hall–Kier alpha value is -0.870. The van der Waals surface area contributed by atoms with Crippen LogP contribution in [-0.4, -0.2) is 33.6 Å². The third-order valence-corrected chi connectivity index (χ3v) is 3.06. The van der Waals surface area contributed by atoms with E-state index in [2.05, 4.69) is 24.3 Å². The van der Waals surface area contributed by atoms with Crippen LogP contribution in [0.15, 0.2) is 18.5 Å². The molecular formula is C11H21N3O. The monoisotopic (exact) mass is 211 g/mol. The molecule has 0 aromatic carbocycles. The Labute approximate surface area is 91.3 Å². The largest absolute Gasteiger partial charge is 0.394 e. The second kappa shape index (κ2) is 5.88. The Morgan fingerprint density at radius 3 is 2.60 bits per heavy atom. The number of nitrogens with zero attached hydrogens (tertiary/aromatic N) is 2. The smallest absolute Gasteiger partial charge is 0.0613 e. The van der Waals surface area contributed by atoms with E-state index in [0.717, 1.165) is 25.9 Å². The van der Waals surface area contributed by atoms with E-state index in [1.54, 1.807) is 6.20 Å². The summed E-state index contributed by atoms with van der Waals surface area (Å²) in [4.78, 5) is 0. The summed E-state index contributed by atoms with van der Waals surface area (Å²) in [6, 6.07) is 1.92. The fourth-order valence-electron chi connectivity index (χ4n) is 1.65. The van der Waals surface area contributed by atoms with E-state index in [9.17, 15) is 5.11 Å². The van der Waals surface area contributed by atoms with Gasteiger partial charge in [0.2, 0.25) is 0 Å². The van der Waals surface area contributed by atoms with Crippen LogP contribution in [0.2, 0.25) is 0 Å². The standard InChI is InChI=1S/C11H21N3O/c1-3-11(4-2,10-15)12-7-9-14-8-5-6-13-14/h5-6,8,12,15H,3-4,7,9-10H2,1-2H3. The Balaban J connectivity index is 2.34. The molecule has 1 rings (SSSR count). The molecule has 0 fully saturated rings. The number of aliphatic hydroxyl groups is 1. The highest BCUT2D eigenvalue weighted by atomic mass is 16.3. The quantitative estimate of drug-likeness (QED) is 0.708. The van der Waals surface area contributed by atoms with Gasteiger partial charge in [0.1, 0.15) is 0 Å². The van der Waals surface area contributed by atoms with E-state index in [1.807, 2.05) is 16.9 Å². The minimum Gasteiger partial charge on any atom is -0.394 e. The maximum Gasteiger partial charge on any atom is 0.0613 e. The summed E-state index contributed by atoms with van der Waals surface area (Å²) in [5.74, 6) is 0. The Morgan fingerprint density at radius 1 is 1.40 bits per heavy atom. The van der Waals surface area contributed by atoms with Crippen LogP contribution in [-0.2, 0) is 6.54 Å². The molecule has 15 heavy (non-hydrogen) atoms. The van der Waals surface area contributed by atoms with Gasteiger partial charge in [0, 0.05) is 24.5 Å². The molecule has 0 aliphatic carbocycles. The Kier molecular flexibility index (Phi) is 4.78. The molecule has 4 nitrogen and oxygen atoms in total. The van der Waals surface area contributed by atoms with Gasteiger partial charge in [-0.2, -0.15) is 5.10 Å². The van der Waals surface area contributed by atoms with E-state index in [1.165, 1.54) is 0 Å². The van der Waals surface area contributed by atoms with Gasteiger partial charge in [0.25, 0.3) is 0 Å². The highest BCUT2D eigenvalue weighted by molar-refractivity contribution is 4.85. The SMILES string of the molecule is CCC(CC)(CO)NCCn1cccn1. The van der Waals surface area contributed by atoms with Gasteiger partial charge in [-0.3, -0.25) is 4.68 Å². The summed E-state index contributed by atoms with van der Waals surface area (Å²) >= 11 is 0. The van der Waals surface area contributed by atoms with Crippen LogP contribution in [0.25, 0.3) is 0 Å². The zero-order chi connectivity index (χ0) is 11.1. The lowest BCUT2D eigenvalue weighted by Gasteiger charge is -2.30. The van der Waals surface area contributed by atoms with Crippen molar-refractivity contribution in [1.82, 2.24) is 15.1 Å². The molecule has 0 spiro atoms. The molecule has 0 radical (unpaired) electrons. The molecular weight excluding hydrogens is 190 g/mol. The number of hydrogen-bond acceptors (Lipinski definition) is 3.